The molecule has 0 saturated heterocycles. The van der Waals surface area contributed by atoms with Crippen LogP contribution >= 0.6 is 11.3 Å². The molecule has 0 unspecified atom stereocenters. The molecule has 0 aliphatic carbocycles. The minimum Gasteiger partial charge on any atom is -0.349 e. The fourth-order valence-corrected chi connectivity index (χ4v) is 2.75. The first-order chi connectivity index (χ1) is 10.7. The molecule has 0 fully saturated rings. The molecule has 2 rings (SSSR count). The van der Waals surface area contributed by atoms with E-state index in [1.807, 2.05) is 0 Å². The topological polar surface area (TPSA) is 57.6 Å². The first-order valence-electron chi connectivity index (χ1n) is 6.94. The van der Waals surface area contributed by atoms with Gasteiger partial charge in [-0.25, -0.2) is 14.8 Å². The smallest absolute Gasteiger partial charge is 0.274 e. The molecule has 1 aromatic heterocycles. The van der Waals surface area contributed by atoms with Crippen LogP contribution in [0.3, 0.4) is 0 Å². The minimum atomic E-state index is -0.581. The largest absolute Gasteiger partial charge is 0.349 e. The first kappa shape index (κ1) is 16.1. The third-order valence-electron chi connectivity index (χ3n) is 3.02. The van der Waals surface area contributed by atoms with Crippen molar-refractivity contribution < 1.29 is 9.18 Å². The number of rotatable bonds is 6. The summed E-state index contributed by atoms with van der Waals surface area (Å²) in [6.07, 6.45) is 3.19. The van der Waals surface area contributed by atoms with E-state index in [4.69, 9.17) is 0 Å². The molecule has 0 saturated carbocycles. The minimum absolute atomic E-state index is 0.0345. The lowest BCUT2D eigenvalue weighted by Crippen LogP contribution is -2.21. The Morgan fingerprint density at radius 1 is 1.41 bits per heavy atom. The van der Waals surface area contributed by atoms with E-state index in [2.05, 4.69) is 34.3 Å². The van der Waals surface area contributed by atoms with Crippen LogP contribution in [-0.4, -0.2) is 30.2 Å². The summed E-state index contributed by atoms with van der Waals surface area (Å²) in [5.74, 6) is -1.15. The van der Waals surface area contributed by atoms with Crippen LogP contribution in [0.15, 0.2) is 35.6 Å². The van der Waals surface area contributed by atoms with Gasteiger partial charge >= 0.3 is 0 Å². The molecule has 116 valence electrons. The van der Waals surface area contributed by atoms with Crippen molar-refractivity contribution in [1.82, 2.24) is 10.4 Å². The van der Waals surface area contributed by atoms with E-state index in [1.54, 1.807) is 12.3 Å². The molecule has 22 heavy (non-hydrogen) atoms. The fraction of sp³-hybridized carbons (Fsp3) is 0.267. The molecular weight excluding hydrogens is 303 g/mol. The number of hydrogen-bond acceptors (Lipinski definition) is 5. The Morgan fingerprint density at radius 2 is 2.14 bits per heavy atom. The Labute approximate surface area is 132 Å². The number of halogens is 1. The molecule has 0 spiro atoms. The Balaban J connectivity index is 1.98. The summed E-state index contributed by atoms with van der Waals surface area (Å²) in [5, 5.41) is 4.75. The van der Waals surface area contributed by atoms with Gasteiger partial charge in [0, 0.05) is 19.3 Å². The van der Waals surface area contributed by atoms with Crippen LogP contribution < -0.4 is 10.3 Å². The van der Waals surface area contributed by atoms with Gasteiger partial charge in [0.2, 0.25) is 0 Å². The molecule has 0 bridgehead atoms. The summed E-state index contributed by atoms with van der Waals surface area (Å²) in [4.78, 5) is 19.0. The lowest BCUT2D eigenvalue weighted by atomic mass is 10.2. The Kier molecular flexibility index (Phi) is 5.60. The maximum absolute atomic E-state index is 13.4. The van der Waals surface area contributed by atoms with E-state index >= 15 is 0 Å². The standard InChI is InChI=1S/C15H17FN4OS/c1-3-20(4-2)15-17-9-11(22-15)10-18-19-14(21)12-7-5-6-8-13(12)16/h5-10H,3-4H2,1-2H3,(H,19,21)/b18-10-. The van der Waals surface area contributed by atoms with Crippen LogP contribution in [0.25, 0.3) is 0 Å². The van der Waals surface area contributed by atoms with Gasteiger partial charge in [0.05, 0.1) is 16.7 Å². The van der Waals surface area contributed by atoms with Crippen LogP contribution in [0, 0.1) is 5.82 Å². The van der Waals surface area contributed by atoms with Crippen molar-refractivity contribution >= 4 is 28.6 Å². The van der Waals surface area contributed by atoms with E-state index < -0.39 is 11.7 Å². The van der Waals surface area contributed by atoms with Crippen LogP contribution in [0.4, 0.5) is 9.52 Å². The fourth-order valence-electron chi connectivity index (χ4n) is 1.84. The van der Waals surface area contributed by atoms with E-state index in [0.717, 1.165) is 23.1 Å². The van der Waals surface area contributed by atoms with Crippen molar-refractivity contribution in [1.29, 1.82) is 0 Å². The number of nitrogens with zero attached hydrogens (tertiary/aromatic N) is 3. The van der Waals surface area contributed by atoms with Gasteiger partial charge in [-0.1, -0.05) is 23.5 Å². The highest BCUT2D eigenvalue weighted by atomic mass is 32.1. The monoisotopic (exact) mass is 320 g/mol. The molecule has 0 aliphatic rings. The van der Waals surface area contributed by atoms with Crippen LogP contribution in [-0.2, 0) is 0 Å². The second-order valence-electron chi connectivity index (χ2n) is 4.40. The molecule has 1 N–H and O–H groups in total. The number of anilines is 1. The third kappa shape index (κ3) is 3.88. The number of carbonyl (C=O) groups is 1. The summed E-state index contributed by atoms with van der Waals surface area (Å²) in [5.41, 5.74) is 2.28. The van der Waals surface area contributed by atoms with Gasteiger partial charge < -0.3 is 4.90 Å². The number of thiazole rings is 1. The number of hydrogen-bond donors (Lipinski definition) is 1. The second-order valence-corrected chi connectivity index (χ2v) is 5.44. The number of hydrazone groups is 1. The zero-order chi connectivity index (χ0) is 15.9. The van der Waals surface area contributed by atoms with Gasteiger partial charge in [0.15, 0.2) is 5.13 Å². The Hall–Kier alpha value is -2.28. The molecule has 1 heterocycles. The zero-order valence-electron chi connectivity index (χ0n) is 12.4. The summed E-state index contributed by atoms with van der Waals surface area (Å²) >= 11 is 1.48. The maximum atomic E-state index is 13.4. The zero-order valence-corrected chi connectivity index (χ0v) is 13.2. The molecular formula is C15H17FN4OS. The number of amides is 1. The van der Waals surface area contributed by atoms with Crippen LogP contribution in [0.2, 0.25) is 0 Å². The normalized spacial score (nSPS) is 10.9. The van der Waals surface area contributed by atoms with Crippen molar-refractivity contribution in [2.75, 3.05) is 18.0 Å². The summed E-state index contributed by atoms with van der Waals surface area (Å²) in [7, 11) is 0. The first-order valence-corrected chi connectivity index (χ1v) is 7.76. The number of nitrogens with one attached hydrogen (secondary N) is 1. The molecule has 7 heteroatoms. The third-order valence-corrected chi connectivity index (χ3v) is 4.01. The van der Waals surface area contributed by atoms with Gasteiger partial charge in [-0.2, -0.15) is 5.10 Å². The van der Waals surface area contributed by atoms with Crippen molar-refractivity contribution in [3.05, 3.63) is 46.7 Å². The average Bonchev–Trinajstić information content (AvgIpc) is 2.97. The van der Waals surface area contributed by atoms with E-state index in [0.29, 0.717) is 0 Å². The predicted molar refractivity (Wildman–Crippen MR) is 87.1 cm³/mol. The van der Waals surface area contributed by atoms with Crippen molar-refractivity contribution in [2.45, 2.75) is 13.8 Å². The van der Waals surface area contributed by atoms with Crippen LogP contribution in [0.5, 0.6) is 0 Å². The molecule has 0 radical (unpaired) electrons. The summed E-state index contributed by atoms with van der Waals surface area (Å²) in [6, 6.07) is 5.77. The van der Waals surface area contributed by atoms with Gasteiger partial charge in [0.1, 0.15) is 5.82 Å². The average molecular weight is 320 g/mol. The molecule has 1 aromatic carbocycles. The number of carbonyl (C=O) groups excluding carboxylic acids is 1. The Bertz CT molecular complexity index is 667. The van der Waals surface area contributed by atoms with Gasteiger partial charge in [-0.3, -0.25) is 4.79 Å². The SMILES string of the molecule is CCN(CC)c1ncc(/C=N\NC(=O)c2ccccc2F)s1. The maximum Gasteiger partial charge on any atom is 0.274 e. The highest BCUT2D eigenvalue weighted by Crippen LogP contribution is 2.20. The molecule has 0 atom stereocenters. The molecule has 0 aliphatic heterocycles. The molecule has 2 aromatic rings. The summed E-state index contributed by atoms with van der Waals surface area (Å²) in [6.45, 7) is 5.88. The van der Waals surface area contributed by atoms with Crippen molar-refractivity contribution in [3.63, 3.8) is 0 Å². The lowest BCUT2D eigenvalue weighted by molar-refractivity contribution is 0.0951. The highest BCUT2D eigenvalue weighted by Gasteiger charge is 2.09. The van der Waals surface area contributed by atoms with E-state index in [1.165, 1.54) is 35.8 Å². The van der Waals surface area contributed by atoms with E-state index in [-0.39, 0.29) is 5.56 Å². The van der Waals surface area contributed by atoms with Crippen molar-refractivity contribution in [2.24, 2.45) is 5.10 Å². The van der Waals surface area contributed by atoms with Gasteiger partial charge in [-0.05, 0) is 26.0 Å². The Morgan fingerprint density at radius 3 is 2.82 bits per heavy atom. The van der Waals surface area contributed by atoms with E-state index in [9.17, 15) is 9.18 Å². The van der Waals surface area contributed by atoms with Crippen molar-refractivity contribution in [3.8, 4) is 0 Å². The highest BCUT2D eigenvalue weighted by molar-refractivity contribution is 7.17. The number of benzene rings is 1. The van der Waals surface area contributed by atoms with Crippen LogP contribution in [0.1, 0.15) is 29.1 Å². The van der Waals surface area contributed by atoms with Gasteiger partial charge in [-0.15, -0.1) is 0 Å². The predicted octanol–water partition coefficient (Wildman–Crippen LogP) is 2.89. The lowest BCUT2D eigenvalue weighted by Gasteiger charge is -2.16. The molecule has 1 amide bonds. The second kappa shape index (κ2) is 7.65. The summed E-state index contributed by atoms with van der Waals surface area (Å²) < 4.78 is 13.4. The number of aromatic nitrogens is 1. The molecule has 5 nitrogen and oxygen atoms in total. The van der Waals surface area contributed by atoms with Gasteiger partial charge in [0.25, 0.3) is 5.91 Å². The quantitative estimate of drug-likeness (QED) is 0.658.